The van der Waals surface area contributed by atoms with Crippen molar-refractivity contribution in [3.63, 3.8) is 0 Å². The average Bonchev–Trinajstić information content (AvgIpc) is 2.37. The molecule has 1 N–H and O–H groups in total. The van der Waals surface area contributed by atoms with Crippen LogP contribution in [0.1, 0.15) is 26.7 Å². The SMILES string of the molecule is CCC1(C)C(O)CC1Oc1ccc([N+](=O)[O-])c(F)c1. The number of nitro groups is 1. The predicted molar refractivity (Wildman–Crippen MR) is 66.5 cm³/mol. The molecule has 104 valence electrons. The highest BCUT2D eigenvalue weighted by atomic mass is 19.1. The molecule has 5 nitrogen and oxygen atoms in total. The van der Waals surface area contributed by atoms with Gasteiger partial charge in [0, 0.05) is 24.0 Å². The summed E-state index contributed by atoms with van der Waals surface area (Å²) in [6.07, 6.45) is 0.607. The van der Waals surface area contributed by atoms with Gasteiger partial charge in [-0.3, -0.25) is 10.1 Å². The van der Waals surface area contributed by atoms with Crippen molar-refractivity contribution < 1.29 is 19.2 Å². The van der Waals surface area contributed by atoms with Crippen LogP contribution in [-0.2, 0) is 0 Å². The zero-order valence-corrected chi connectivity index (χ0v) is 10.8. The van der Waals surface area contributed by atoms with Gasteiger partial charge in [0.1, 0.15) is 11.9 Å². The topological polar surface area (TPSA) is 72.6 Å². The van der Waals surface area contributed by atoms with Crippen molar-refractivity contribution in [1.82, 2.24) is 0 Å². The zero-order chi connectivity index (χ0) is 14.2. The Hall–Kier alpha value is -1.69. The summed E-state index contributed by atoms with van der Waals surface area (Å²) in [5.41, 5.74) is -0.919. The first-order valence-electron chi connectivity index (χ1n) is 6.17. The van der Waals surface area contributed by atoms with E-state index in [0.717, 1.165) is 18.6 Å². The van der Waals surface area contributed by atoms with Crippen LogP contribution in [0.15, 0.2) is 18.2 Å². The number of aliphatic hydroxyl groups is 1. The molecule has 2 rings (SSSR count). The summed E-state index contributed by atoms with van der Waals surface area (Å²) in [7, 11) is 0. The summed E-state index contributed by atoms with van der Waals surface area (Å²) in [4.78, 5) is 9.73. The summed E-state index contributed by atoms with van der Waals surface area (Å²) in [5, 5.41) is 20.3. The normalized spacial score (nSPS) is 29.7. The van der Waals surface area contributed by atoms with Gasteiger partial charge in [0.2, 0.25) is 5.82 Å². The average molecular weight is 269 g/mol. The number of hydrogen-bond donors (Lipinski definition) is 1. The van der Waals surface area contributed by atoms with Gasteiger partial charge in [-0.25, -0.2) is 0 Å². The number of rotatable bonds is 4. The summed E-state index contributed by atoms with van der Waals surface area (Å²) in [6.45, 7) is 3.86. The predicted octanol–water partition coefficient (Wildman–Crippen LogP) is 2.66. The largest absolute Gasteiger partial charge is 0.490 e. The Bertz CT molecular complexity index is 507. The molecule has 0 heterocycles. The van der Waals surface area contributed by atoms with E-state index >= 15 is 0 Å². The number of aliphatic hydroxyl groups excluding tert-OH is 1. The van der Waals surface area contributed by atoms with Gasteiger partial charge < -0.3 is 9.84 Å². The molecular formula is C13H16FNO4. The Kier molecular flexibility index (Phi) is 3.45. The molecule has 0 amide bonds. The van der Waals surface area contributed by atoms with Gasteiger partial charge in [-0.05, 0) is 12.5 Å². The van der Waals surface area contributed by atoms with Gasteiger partial charge in [0.15, 0.2) is 0 Å². The molecule has 0 radical (unpaired) electrons. The Labute approximate surface area is 110 Å². The van der Waals surface area contributed by atoms with Crippen LogP contribution in [0.4, 0.5) is 10.1 Å². The second-order valence-corrected chi connectivity index (χ2v) is 5.09. The van der Waals surface area contributed by atoms with Crippen LogP contribution < -0.4 is 4.74 Å². The molecule has 6 heteroatoms. The molecule has 1 fully saturated rings. The molecular weight excluding hydrogens is 253 g/mol. The Morgan fingerprint density at radius 1 is 1.63 bits per heavy atom. The zero-order valence-electron chi connectivity index (χ0n) is 10.8. The molecule has 0 saturated heterocycles. The molecule has 1 aromatic rings. The number of benzene rings is 1. The van der Waals surface area contributed by atoms with Gasteiger partial charge in [-0.15, -0.1) is 0 Å². The number of ether oxygens (including phenoxy) is 1. The van der Waals surface area contributed by atoms with E-state index in [1.807, 2.05) is 13.8 Å². The van der Waals surface area contributed by atoms with Crippen molar-refractivity contribution in [2.24, 2.45) is 5.41 Å². The maximum absolute atomic E-state index is 13.5. The third-order valence-corrected chi connectivity index (χ3v) is 4.09. The van der Waals surface area contributed by atoms with Gasteiger partial charge in [0.25, 0.3) is 0 Å². The van der Waals surface area contributed by atoms with E-state index in [1.165, 1.54) is 6.07 Å². The standard InChI is InChI=1S/C13H16FNO4/c1-3-13(2)11(16)7-12(13)19-8-4-5-10(15(17)18)9(14)6-8/h4-6,11-12,16H,3,7H2,1-2H3. The minimum Gasteiger partial charge on any atom is -0.490 e. The van der Waals surface area contributed by atoms with E-state index in [2.05, 4.69) is 0 Å². The summed E-state index contributed by atoms with van der Waals surface area (Å²) < 4.78 is 19.1. The lowest BCUT2D eigenvalue weighted by molar-refractivity contribution is -0.387. The molecule has 0 aliphatic heterocycles. The van der Waals surface area contributed by atoms with E-state index in [0.29, 0.717) is 6.42 Å². The van der Waals surface area contributed by atoms with Crippen molar-refractivity contribution in [3.8, 4) is 5.75 Å². The van der Waals surface area contributed by atoms with Gasteiger partial charge in [0.05, 0.1) is 11.0 Å². The molecule has 0 bridgehead atoms. The Morgan fingerprint density at radius 3 is 2.79 bits per heavy atom. The molecule has 19 heavy (non-hydrogen) atoms. The second-order valence-electron chi connectivity index (χ2n) is 5.09. The number of nitro benzene ring substituents is 1. The van der Waals surface area contributed by atoms with Gasteiger partial charge >= 0.3 is 5.69 Å². The monoisotopic (exact) mass is 269 g/mol. The van der Waals surface area contributed by atoms with E-state index in [9.17, 15) is 19.6 Å². The van der Waals surface area contributed by atoms with Crippen LogP contribution in [0.5, 0.6) is 5.75 Å². The maximum Gasteiger partial charge on any atom is 0.305 e. The van der Waals surface area contributed by atoms with Crippen LogP contribution in [0, 0.1) is 21.3 Å². The molecule has 0 spiro atoms. The van der Waals surface area contributed by atoms with Crippen LogP contribution in [0.25, 0.3) is 0 Å². The molecule has 3 unspecified atom stereocenters. The summed E-state index contributed by atoms with van der Waals surface area (Å²) >= 11 is 0. The third-order valence-electron chi connectivity index (χ3n) is 4.09. The van der Waals surface area contributed by atoms with Crippen LogP contribution >= 0.6 is 0 Å². The van der Waals surface area contributed by atoms with Crippen LogP contribution in [0.2, 0.25) is 0 Å². The fourth-order valence-corrected chi connectivity index (χ4v) is 2.31. The lowest BCUT2D eigenvalue weighted by atomic mass is 9.63. The van der Waals surface area contributed by atoms with Crippen molar-refractivity contribution in [3.05, 3.63) is 34.1 Å². The van der Waals surface area contributed by atoms with Crippen molar-refractivity contribution in [2.75, 3.05) is 0 Å². The van der Waals surface area contributed by atoms with E-state index in [4.69, 9.17) is 4.74 Å². The Morgan fingerprint density at radius 2 is 2.32 bits per heavy atom. The van der Waals surface area contributed by atoms with Crippen molar-refractivity contribution >= 4 is 5.69 Å². The molecule has 1 aliphatic carbocycles. The molecule has 1 aliphatic rings. The van der Waals surface area contributed by atoms with Gasteiger partial charge in [-0.1, -0.05) is 13.8 Å². The minimum absolute atomic E-state index is 0.201. The molecule has 1 saturated carbocycles. The van der Waals surface area contributed by atoms with Gasteiger partial charge in [-0.2, -0.15) is 4.39 Å². The first-order chi connectivity index (χ1) is 8.88. The highest BCUT2D eigenvalue weighted by Gasteiger charge is 2.51. The van der Waals surface area contributed by atoms with E-state index in [1.54, 1.807) is 0 Å². The number of hydrogen-bond acceptors (Lipinski definition) is 4. The fraction of sp³-hybridized carbons (Fsp3) is 0.538. The first kappa shape index (κ1) is 13.7. The highest BCUT2D eigenvalue weighted by Crippen LogP contribution is 2.46. The molecule has 3 atom stereocenters. The lowest BCUT2D eigenvalue weighted by Crippen LogP contribution is -2.57. The number of halogens is 1. The fourth-order valence-electron chi connectivity index (χ4n) is 2.31. The number of nitrogens with zero attached hydrogens (tertiary/aromatic N) is 1. The second kappa shape index (κ2) is 4.77. The summed E-state index contributed by atoms with van der Waals surface area (Å²) in [6, 6.07) is 3.48. The first-order valence-corrected chi connectivity index (χ1v) is 6.17. The maximum atomic E-state index is 13.5. The molecule has 1 aromatic carbocycles. The Balaban J connectivity index is 2.13. The summed E-state index contributed by atoms with van der Waals surface area (Å²) in [5.74, 6) is -0.666. The van der Waals surface area contributed by atoms with E-state index in [-0.39, 0.29) is 17.3 Å². The smallest absolute Gasteiger partial charge is 0.305 e. The van der Waals surface area contributed by atoms with E-state index < -0.39 is 22.5 Å². The van der Waals surface area contributed by atoms with Crippen LogP contribution in [0.3, 0.4) is 0 Å². The highest BCUT2D eigenvalue weighted by molar-refractivity contribution is 5.38. The minimum atomic E-state index is -0.916. The third kappa shape index (κ3) is 2.28. The van der Waals surface area contributed by atoms with Crippen molar-refractivity contribution in [2.45, 2.75) is 38.9 Å². The quantitative estimate of drug-likeness (QED) is 0.673. The lowest BCUT2D eigenvalue weighted by Gasteiger charge is -2.50. The molecule has 0 aromatic heterocycles. The van der Waals surface area contributed by atoms with Crippen molar-refractivity contribution in [1.29, 1.82) is 0 Å². The van der Waals surface area contributed by atoms with Crippen LogP contribution in [-0.4, -0.2) is 22.2 Å².